The fraction of sp³-hybridized carbons (Fsp3) is 0.263. The van der Waals surface area contributed by atoms with Crippen LogP contribution in [-0.2, 0) is 6.54 Å². The van der Waals surface area contributed by atoms with Crippen LogP contribution in [0.3, 0.4) is 0 Å². The van der Waals surface area contributed by atoms with Gasteiger partial charge < -0.3 is 10.6 Å². The largest absolute Gasteiger partial charge is 0.346 e. The number of urea groups is 1. The van der Waals surface area contributed by atoms with E-state index in [1.807, 2.05) is 12.1 Å². The minimum atomic E-state index is -0.412. The molecule has 3 aromatic rings. The summed E-state index contributed by atoms with van der Waals surface area (Å²) in [6.45, 7) is 0.488. The molecular formula is C19H18Cl2N6O2. The van der Waals surface area contributed by atoms with E-state index < -0.39 is 6.03 Å². The Morgan fingerprint density at radius 1 is 1.21 bits per heavy atom. The van der Waals surface area contributed by atoms with Crippen molar-refractivity contribution in [1.82, 2.24) is 24.6 Å². The first kappa shape index (κ1) is 19.5. The van der Waals surface area contributed by atoms with Gasteiger partial charge in [0.25, 0.3) is 0 Å². The van der Waals surface area contributed by atoms with Crippen LogP contribution in [0.5, 0.6) is 0 Å². The number of benzene rings is 1. The molecule has 0 unspecified atom stereocenters. The smallest absolute Gasteiger partial charge is 0.336 e. The molecule has 1 aliphatic carbocycles. The molecule has 8 nitrogen and oxygen atoms in total. The summed E-state index contributed by atoms with van der Waals surface area (Å²) in [5, 5.41) is 10.6. The summed E-state index contributed by atoms with van der Waals surface area (Å²) in [6.07, 6.45) is 5.29. The SMILES string of the molecule is O=C(NCCn1nc(-c2cccnc2)n(C2CC2)c1=O)Nc1ccc(Cl)c(Cl)c1. The quantitative estimate of drug-likeness (QED) is 0.622. The van der Waals surface area contributed by atoms with Crippen molar-refractivity contribution in [1.29, 1.82) is 0 Å². The Morgan fingerprint density at radius 2 is 2.03 bits per heavy atom. The van der Waals surface area contributed by atoms with Gasteiger partial charge in [0.05, 0.1) is 16.6 Å². The van der Waals surface area contributed by atoms with Gasteiger partial charge in [-0.1, -0.05) is 23.2 Å². The van der Waals surface area contributed by atoms with Crippen molar-refractivity contribution in [3.05, 3.63) is 63.3 Å². The summed E-state index contributed by atoms with van der Waals surface area (Å²) in [6, 6.07) is 8.26. The molecule has 0 atom stereocenters. The highest BCUT2D eigenvalue weighted by molar-refractivity contribution is 6.42. The second-order valence-electron chi connectivity index (χ2n) is 6.68. The van der Waals surface area contributed by atoms with Crippen LogP contribution in [-0.4, -0.2) is 31.9 Å². The Morgan fingerprint density at radius 3 is 2.72 bits per heavy atom. The molecule has 4 rings (SSSR count). The maximum absolute atomic E-state index is 12.8. The number of carbonyl (C=O) groups is 1. The van der Waals surface area contributed by atoms with Gasteiger partial charge in [-0.05, 0) is 43.2 Å². The molecule has 0 bridgehead atoms. The average molecular weight is 433 g/mol. The number of nitrogens with one attached hydrogen (secondary N) is 2. The zero-order valence-electron chi connectivity index (χ0n) is 15.3. The van der Waals surface area contributed by atoms with Crippen LogP contribution in [0.2, 0.25) is 10.0 Å². The van der Waals surface area contributed by atoms with E-state index in [2.05, 4.69) is 20.7 Å². The van der Waals surface area contributed by atoms with Gasteiger partial charge in [-0.25, -0.2) is 14.3 Å². The van der Waals surface area contributed by atoms with Crippen molar-refractivity contribution < 1.29 is 4.79 Å². The molecule has 2 heterocycles. The van der Waals surface area contributed by atoms with E-state index in [4.69, 9.17) is 23.2 Å². The molecular weight excluding hydrogens is 415 g/mol. The molecule has 2 aromatic heterocycles. The minimum absolute atomic E-state index is 0.178. The van der Waals surface area contributed by atoms with E-state index in [0.717, 1.165) is 18.4 Å². The number of nitrogens with zero attached hydrogens (tertiary/aromatic N) is 4. The van der Waals surface area contributed by atoms with Crippen molar-refractivity contribution in [3.8, 4) is 11.4 Å². The van der Waals surface area contributed by atoms with Gasteiger partial charge in [0, 0.05) is 36.2 Å². The fourth-order valence-corrected chi connectivity index (χ4v) is 3.24. The first-order valence-electron chi connectivity index (χ1n) is 9.12. The molecule has 10 heteroatoms. The van der Waals surface area contributed by atoms with E-state index >= 15 is 0 Å². The van der Waals surface area contributed by atoms with Crippen molar-refractivity contribution in [2.45, 2.75) is 25.4 Å². The first-order valence-corrected chi connectivity index (χ1v) is 9.88. The monoisotopic (exact) mass is 432 g/mol. The lowest BCUT2D eigenvalue weighted by Crippen LogP contribution is -2.34. The maximum Gasteiger partial charge on any atom is 0.346 e. The third-order valence-electron chi connectivity index (χ3n) is 4.49. The Labute approximate surface area is 176 Å². The van der Waals surface area contributed by atoms with Crippen LogP contribution in [0.15, 0.2) is 47.5 Å². The molecule has 2 N–H and O–H groups in total. The molecule has 1 aromatic carbocycles. The number of hydrogen-bond acceptors (Lipinski definition) is 4. The molecule has 150 valence electrons. The standard InChI is InChI=1S/C19H18Cl2N6O2/c20-15-6-3-13(10-16(15)21)24-18(28)23-8-9-26-19(29)27(14-4-5-14)17(25-26)12-2-1-7-22-11-12/h1-3,6-7,10-11,14H,4-5,8-9H2,(H2,23,24,28). The molecule has 1 saturated carbocycles. The lowest BCUT2D eigenvalue weighted by atomic mass is 10.3. The summed E-state index contributed by atoms with van der Waals surface area (Å²) < 4.78 is 3.09. The molecule has 0 saturated heterocycles. The van der Waals surface area contributed by atoms with Crippen LogP contribution < -0.4 is 16.3 Å². The summed E-state index contributed by atoms with van der Waals surface area (Å²) in [5.74, 6) is 0.603. The van der Waals surface area contributed by atoms with Crippen LogP contribution >= 0.6 is 23.2 Å². The topological polar surface area (TPSA) is 93.8 Å². The van der Waals surface area contributed by atoms with Gasteiger partial charge in [0.15, 0.2) is 5.82 Å². The van der Waals surface area contributed by atoms with Crippen LogP contribution in [0.1, 0.15) is 18.9 Å². The Balaban J connectivity index is 1.41. The van der Waals surface area contributed by atoms with Crippen LogP contribution in [0.25, 0.3) is 11.4 Å². The molecule has 29 heavy (non-hydrogen) atoms. The molecule has 1 fully saturated rings. The van der Waals surface area contributed by atoms with Crippen molar-refractivity contribution >= 4 is 34.9 Å². The number of carbonyl (C=O) groups excluding carboxylic acids is 1. The predicted molar refractivity (Wildman–Crippen MR) is 111 cm³/mol. The van der Waals surface area contributed by atoms with E-state index in [-0.39, 0.29) is 24.8 Å². The van der Waals surface area contributed by atoms with E-state index in [1.54, 1.807) is 35.2 Å². The summed E-state index contributed by atoms with van der Waals surface area (Å²) in [5.41, 5.74) is 1.13. The Hall–Kier alpha value is -2.84. The van der Waals surface area contributed by atoms with Gasteiger partial charge >= 0.3 is 11.7 Å². The first-order chi connectivity index (χ1) is 14.0. The summed E-state index contributed by atoms with van der Waals surface area (Å²) in [4.78, 5) is 29.0. The highest BCUT2D eigenvalue weighted by Gasteiger charge is 2.30. The molecule has 0 radical (unpaired) electrons. The van der Waals surface area contributed by atoms with E-state index in [1.165, 1.54) is 4.68 Å². The average Bonchev–Trinajstić information content (AvgIpc) is 3.49. The van der Waals surface area contributed by atoms with Crippen molar-refractivity contribution in [2.24, 2.45) is 0 Å². The van der Waals surface area contributed by atoms with Gasteiger partial charge in [0.1, 0.15) is 0 Å². The lowest BCUT2D eigenvalue weighted by molar-refractivity contribution is 0.251. The second kappa shape index (κ2) is 8.26. The van der Waals surface area contributed by atoms with Gasteiger partial charge in [-0.15, -0.1) is 5.10 Å². The zero-order chi connectivity index (χ0) is 20.4. The normalized spacial score (nSPS) is 13.3. The van der Waals surface area contributed by atoms with Gasteiger partial charge in [0.2, 0.25) is 0 Å². The van der Waals surface area contributed by atoms with Gasteiger partial charge in [-0.2, -0.15) is 0 Å². The van der Waals surface area contributed by atoms with Crippen molar-refractivity contribution in [3.63, 3.8) is 0 Å². The third-order valence-corrected chi connectivity index (χ3v) is 5.23. The fourth-order valence-electron chi connectivity index (χ4n) is 2.94. The number of anilines is 1. The number of amides is 2. The maximum atomic E-state index is 12.8. The zero-order valence-corrected chi connectivity index (χ0v) is 16.8. The van der Waals surface area contributed by atoms with Crippen LogP contribution in [0, 0.1) is 0 Å². The third kappa shape index (κ3) is 4.44. The molecule has 0 spiro atoms. The predicted octanol–water partition coefficient (Wildman–Crippen LogP) is 3.57. The van der Waals surface area contributed by atoms with Crippen LogP contribution in [0.4, 0.5) is 10.5 Å². The highest BCUT2D eigenvalue weighted by Crippen LogP contribution is 2.36. The second-order valence-corrected chi connectivity index (χ2v) is 7.50. The van der Waals surface area contributed by atoms with Crippen molar-refractivity contribution in [2.75, 3.05) is 11.9 Å². The number of halogens is 2. The molecule has 1 aliphatic rings. The number of pyridine rings is 1. The Kier molecular flexibility index (Phi) is 5.55. The van der Waals surface area contributed by atoms with E-state index in [0.29, 0.717) is 21.6 Å². The number of rotatable bonds is 6. The summed E-state index contributed by atoms with van der Waals surface area (Å²) in [7, 11) is 0. The summed E-state index contributed by atoms with van der Waals surface area (Å²) >= 11 is 11.8. The van der Waals surface area contributed by atoms with E-state index in [9.17, 15) is 9.59 Å². The number of hydrogen-bond donors (Lipinski definition) is 2. The lowest BCUT2D eigenvalue weighted by Gasteiger charge is -2.08. The molecule has 0 aliphatic heterocycles. The highest BCUT2D eigenvalue weighted by atomic mass is 35.5. The number of aromatic nitrogens is 4. The van der Waals surface area contributed by atoms with Gasteiger partial charge in [-0.3, -0.25) is 9.55 Å². The minimum Gasteiger partial charge on any atom is -0.336 e. The Bertz CT molecular complexity index is 1090. The molecule has 2 amide bonds.